The first-order chi connectivity index (χ1) is 12.8. The number of benzene rings is 2. The molecule has 2 aromatic carbocycles. The number of para-hydroxylation sites is 1. The molecule has 3 aromatic rings. The van der Waals surface area contributed by atoms with Crippen molar-refractivity contribution in [2.45, 2.75) is 6.18 Å². The minimum Gasteiger partial charge on any atom is -0.352 e. The highest BCUT2D eigenvalue weighted by Gasteiger charge is 2.30. The number of carbonyl (C=O) groups is 1. The lowest BCUT2D eigenvalue weighted by Crippen LogP contribution is -2.13. The SMILES string of the molecule is O=C(Nc1ccc(Nc2ccccc2F)cn1)c1ccc(C(F)(F)F)cc1. The van der Waals surface area contributed by atoms with Gasteiger partial charge in [0, 0.05) is 5.56 Å². The molecule has 0 atom stereocenters. The van der Waals surface area contributed by atoms with Crippen molar-refractivity contribution < 1.29 is 22.4 Å². The molecule has 0 saturated heterocycles. The fourth-order valence-electron chi connectivity index (χ4n) is 2.26. The van der Waals surface area contributed by atoms with E-state index in [1.165, 1.54) is 18.3 Å². The Kier molecular flexibility index (Phi) is 5.07. The van der Waals surface area contributed by atoms with Gasteiger partial charge in [0.25, 0.3) is 5.91 Å². The zero-order valence-electron chi connectivity index (χ0n) is 13.7. The van der Waals surface area contributed by atoms with E-state index in [2.05, 4.69) is 15.6 Å². The minimum atomic E-state index is -4.46. The molecule has 1 aromatic heterocycles. The number of nitrogens with zero attached hydrogens (tertiary/aromatic N) is 1. The van der Waals surface area contributed by atoms with Gasteiger partial charge in [-0.3, -0.25) is 4.79 Å². The molecule has 0 aliphatic heterocycles. The van der Waals surface area contributed by atoms with Crippen LogP contribution in [0.15, 0.2) is 66.9 Å². The van der Waals surface area contributed by atoms with Crippen molar-refractivity contribution >= 4 is 23.1 Å². The number of amides is 1. The second kappa shape index (κ2) is 7.45. The van der Waals surface area contributed by atoms with Crippen molar-refractivity contribution in [3.63, 3.8) is 0 Å². The number of alkyl halides is 3. The van der Waals surface area contributed by atoms with E-state index < -0.39 is 23.5 Å². The number of aromatic nitrogens is 1. The number of hydrogen-bond donors (Lipinski definition) is 2. The minimum absolute atomic E-state index is 0.0679. The van der Waals surface area contributed by atoms with Crippen molar-refractivity contribution in [3.8, 4) is 0 Å². The van der Waals surface area contributed by atoms with Crippen LogP contribution in [0, 0.1) is 5.82 Å². The topological polar surface area (TPSA) is 54.0 Å². The molecule has 0 fully saturated rings. The van der Waals surface area contributed by atoms with E-state index in [9.17, 15) is 22.4 Å². The van der Waals surface area contributed by atoms with Gasteiger partial charge in [0.1, 0.15) is 11.6 Å². The molecule has 138 valence electrons. The molecule has 0 saturated carbocycles. The van der Waals surface area contributed by atoms with Crippen LogP contribution >= 0.6 is 0 Å². The van der Waals surface area contributed by atoms with Gasteiger partial charge in [-0.25, -0.2) is 9.37 Å². The van der Waals surface area contributed by atoms with E-state index in [-0.39, 0.29) is 17.1 Å². The Balaban J connectivity index is 1.66. The van der Waals surface area contributed by atoms with Crippen LogP contribution < -0.4 is 10.6 Å². The number of pyridine rings is 1. The predicted molar refractivity (Wildman–Crippen MR) is 93.3 cm³/mol. The monoisotopic (exact) mass is 375 g/mol. The lowest BCUT2D eigenvalue weighted by molar-refractivity contribution is -0.137. The molecule has 1 amide bonds. The van der Waals surface area contributed by atoms with Gasteiger partial charge < -0.3 is 10.6 Å². The lowest BCUT2D eigenvalue weighted by atomic mass is 10.1. The van der Waals surface area contributed by atoms with Crippen molar-refractivity contribution in [1.29, 1.82) is 0 Å². The second-order valence-corrected chi connectivity index (χ2v) is 5.57. The second-order valence-electron chi connectivity index (χ2n) is 5.57. The number of carbonyl (C=O) groups excluding carboxylic acids is 1. The van der Waals surface area contributed by atoms with Crippen LogP contribution in [0.1, 0.15) is 15.9 Å². The molecule has 2 N–H and O–H groups in total. The maximum absolute atomic E-state index is 13.6. The average Bonchev–Trinajstić information content (AvgIpc) is 2.64. The van der Waals surface area contributed by atoms with Gasteiger partial charge >= 0.3 is 6.18 Å². The van der Waals surface area contributed by atoms with Crippen LogP contribution in [0.4, 0.5) is 34.8 Å². The maximum atomic E-state index is 13.6. The third kappa shape index (κ3) is 4.60. The Morgan fingerprint density at radius 3 is 2.22 bits per heavy atom. The van der Waals surface area contributed by atoms with Gasteiger partial charge in [0.15, 0.2) is 0 Å². The Morgan fingerprint density at radius 2 is 1.63 bits per heavy atom. The molecule has 3 rings (SSSR count). The summed E-state index contributed by atoms with van der Waals surface area (Å²) in [5.74, 6) is -0.804. The molecule has 0 unspecified atom stereocenters. The van der Waals surface area contributed by atoms with Crippen molar-refractivity contribution in [1.82, 2.24) is 4.98 Å². The Hall–Kier alpha value is -3.42. The average molecular weight is 375 g/mol. The number of hydrogen-bond acceptors (Lipinski definition) is 3. The summed E-state index contributed by atoms with van der Waals surface area (Å²) < 4.78 is 51.2. The van der Waals surface area contributed by atoms with E-state index in [0.717, 1.165) is 24.3 Å². The molecule has 0 bridgehead atoms. The normalized spacial score (nSPS) is 11.1. The Bertz CT molecular complexity index is 938. The summed E-state index contributed by atoms with van der Waals surface area (Å²) in [4.78, 5) is 16.1. The van der Waals surface area contributed by atoms with Gasteiger partial charge in [-0.1, -0.05) is 12.1 Å². The van der Waals surface area contributed by atoms with Crippen molar-refractivity contribution in [2.75, 3.05) is 10.6 Å². The van der Waals surface area contributed by atoms with Crippen molar-refractivity contribution in [2.24, 2.45) is 0 Å². The van der Waals surface area contributed by atoms with Crippen molar-refractivity contribution in [3.05, 3.63) is 83.8 Å². The zero-order valence-corrected chi connectivity index (χ0v) is 13.7. The van der Waals surface area contributed by atoms with Gasteiger partial charge in [0.05, 0.1) is 23.1 Å². The summed E-state index contributed by atoms with van der Waals surface area (Å²) in [5.41, 5.74) is 0.0209. The number of rotatable bonds is 4. The molecule has 0 spiro atoms. The summed E-state index contributed by atoms with van der Waals surface area (Å²) in [6, 6.07) is 13.1. The van der Waals surface area contributed by atoms with E-state index in [1.54, 1.807) is 24.3 Å². The van der Waals surface area contributed by atoms with Gasteiger partial charge in [-0.2, -0.15) is 13.2 Å². The van der Waals surface area contributed by atoms with Crippen LogP contribution in [0.25, 0.3) is 0 Å². The highest BCUT2D eigenvalue weighted by Crippen LogP contribution is 2.29. The van der Waals surface area contributed by atoms with Crippen LogP contribution in [0.3, 0.4) is 0 Å². The van der Waals surface area contributed by atoms with E-state index >= 15 is 0 Å². The Morgan fingerprint density at radius 1 is 0.926 bits per heavy atom. The highest BCUT2D eigenvalue weighted by atomic mass is 19.4. The van der Waals surface area contributed by atoms with Gasteiger partial charge in [-0.15, -0.1) is 0 Å². The smallest absolute Gasteiger partial charge is 0.352 e. The standard InChI is InChI=1S/C19H13F4N3O/c20-15-3-1-2-4-16(15)25-14-9-10-17(24-11-14)26-18(27)12-5-7-13(8-6-12)19(21,22)23/h1-11,25H,(H,24,26,27). The first kappa shape index (κ1) is 18.4. The molecular weight excluding hydrogens is 362 g/mol. The maximum Gasteiger partial charge on any atom is 0.416 e. The predicted octanol–water partition coefficient (Wildman–Crippen LogP) is 5.24. The molecule has 0 aliphatic carbocycles. The number of anilines is 3. The van der Waals surface area contributed by atoms with Crippen LogP contribution in [0.5, 0.6) is 0 Å². The number of nitrogens with one attached hydrogen (secondary N) is 2. The summed E-state index contributed by atoms with van der Waals surface area (Å²) in [7, 11) is 0. The summed E-state index contributed by atoms with van der Waals surface area (Å²) in [5, 5.41) is 5.33. The molecule has 0 radical (unpaired) electrons. The third-order valence-corrected chi connectivity index (χ3v) is 3.63. The molecule has 27 heavy (non-hydrogen) atoms. The summed E-state index contributed by atoms with van der Waals surface area (Å²) in [6.45, 7) is 0. The van der Waals surface area contributed by atoms with E-state index in [4.69, 9.17) is 0 Å². The third-order valence-electron chi connectivity index (χ3n) is 3.63. The molecular formula is C19H13F4N3O. The number of halogens is 4. The van der Waals surface area contributed by atoms with E-state index in [1.807, 2.05) is 0 Å². The summed E-state index contributed by atoms with van der Waals surface area (Å²) >= 11 is 0. The van der Waals surface area contributed by atoms with Crippen LogP contribution in [-0.4, -0.2) is 10.9 Å². The first-order valence-electron chi connectivity index (χ1n) is 7.79. The fraction of sp³-hybridized carbons (Fsp3) is 0.0526. The van der Waals surface area contributed by atoms with Crippen LogP contribution in [-0.2, 0) is 6.18 Å². The largest absolute Gasteiger partial charge is 0.416 e. The zero-order chi connectivity index (χ0) is 19.4. The van der Waals surface area contributed by atoms with Gasteiger partial charge in [0.2, 0.25) is 0 Å². The first-order valence-corrected chi connectivity index (χ1v) is 7.79. The lowest BCUT2D eigenvalue weighted by Gasteiger charge is -2.09. The molecule has 8 heteroatoms. The van der Waals surface area contributed by atoms with Gasteiger partial charge in [-0.05, 0) is 48.5 Å². The summed E-state index contributed by atoms with van der Waals surface area (Å²) in [6.07, 6.45) is -3.06. The Labute approximate surface area is 151 Å². The molecule has 0 aliphatic rings. The van der Waals surface area contributed by atoms with Crippen LogP contribution in [0.2, 0.25) is 0 Å². The fourth-order valence-corrected chi connectivity index (χ4v) is 2.26. The highest BCUT2D eigenvalue weighted by molar-refractivity contribution is 6.03. The van der Waals surface area contributed by atoms with E-state index in [0.29, 0.717) is 5.69 Å². The molecule has 1 heterocycles. The molecule has 4 nitrogen and oxygen atoms in total. The quantitative estimate of drug-likeness (QED) is 0.614.